The van der Waals surface area contributed by atoms with Gasteiger partial charge in [0, 0.05) is 12.0 Å². The molecule has 1 heterocycles. The second-order valence-corrected chi connectivity index (χ2v) is 5.67. The summed E-state index contributed by atoms with van der Waals surface area (Å²) in [6, 6.07) is 12.6. The average molecular weight is 334 g/mol. The summed E-state index contributed by atoms with van der Waals surface area (Å²) < 4.78 is 5.89. The van der Waals surface area contributed by atoms with Crippen molar-refractivity contribution < 1.29 is 14.3 Å². The lowest BCUT2D eigenvalue weighted by atomic mass is 9.99. The highest BCUT2D eigenvalue weighted by atomic mass is 16.5. The van der Waals surface area contributed by atoms with Crippen LogP contribution in [0.3, 0.4) is 0 Å². The van der Waals surface area contributed by atoms with Crippen LogP contribution < -0.4 is 15.8 Å². The molecule has 2 amide bonds. The summed E-state index contributed by atoms with van der Waals surface area (Å²) in [5.41, 5.74) is 7.36. The van der Waals surface area contributed by atoms with Crippen LogP contribution in [-0.4, -0.2) is 18.4 Å². The fourth-order valence-electron chi connectivity index (χ4n) is 2.59. The van der Waals surface area contributed by atoms with Crippen LogP contribution in [0, 0.1) is 11.8 Å². The molecule has 5 heteroatoms. The summed E-state index contributed by atoms with van der Waals surface area (Å²) in [7, 11) is 0. The molecule has 0 fully saturated rings. The molecule has 0 spiro atoms. The molecule has 0 bridgehead atoms. The number of ether oxygens (including phenoxy) is 1. The third-order valence-electron chi connectivity index (χ3n) is 3.74. The number of nitrogens with one attached hydrogen (secondary N) is 1. The van der Waals surface area contributed by atoms with E-state index in [2.05, 4.69) is 17.2 Å². The predicted octanol–water partition coefficient (Wildman–Crippen LogP) is 2.38. The quantitative estimate of drug-likeness (QED) is 0.511. The number of hydrogen-bond acceptors (Lipinski definition) is 4. The predicted molar refractivity (Wildman–Crippen MR) is 94.3 cm³/mol. The largest absolute Gasteiger partial charge is 0.456 e. The van der Waals surface area contributed by atoms with E-state index >= 15 is 0 Å². The van der Waals surface area contributed by atoms with Gasteiger partial charge < -0.3 is 10.5 Å². The fourth-order valence-corrected chi connectivity index (χ4v) is 2.59. The van der Waals surface area contributed by atoms with Crippen LogP contribution in [0.5, 0.6) is 11.5 Å². The first-order valence-corrected chi connectivity index (χ1v) is 8.10. The monoisotopic (exact) mass is 334 g/mol. The number of nitrogens with two attached hydrogens (primary N) is 1. The van der Waals surface area contributed by atoms with Crippen LogP contribution in [0.2, 0.25) is 0 Å². The number of unbranched alkanes of at least 4 members (excludes halogenated alkanes) is 1. The van der Waals surface area contributed by atoms with E-state index in [-0.39, 0.29) is 12.3 Å². The molecule has 3 rings (SSSR count). The van der Waals surface area contributed by atoms with Crippen LogP contribution in [0.4, 0.5) is 0 Å². The Morgan fingerprint density at radius 1 is 1.16 bits per heavy atom. The smallest absolute Gasteiger partial charge is 0.261 e. The Balaban J connectivity index is 1.84. The highest BCUT2D eigenvalue weighted by molar-refractivity contribution is 6.11. The molecule has 0 saturated heterocycles. The summed E-state index contributed by atoms with van der Waals surface area (Å²) in [6.45, 7) is 0.627. The molecule has 1 aliphatic heterocycles. The van der Waals surface area contributed by atoms with Crippen molar-refractivity contribution in [3.05, 3.63) is 59.2 Å². The highest BCUT2D eigenvalue weighted by Crippen LogP contribution is 2.30. The second-order valence-electron chi connectivity index (χ2n) is 5.67. The number of benzene rings is 2. The molecule has 5 nitrogen and oxygen atoms in total. The summed E-state index contributed by atoms with van der Waals surface area (Å²) in [5.74, 6) is 6.42. The van der Waals surface area contributed by atoms with Gasteiger partial charge in [0.05, 0.1) is 12.0 Å². The molecule has 2 aromatic carbocycles. The maximum atomic E-state index is 12.1. The molecule has 0 unspecified atom stereocenters. The first kappa shape index (κ1) is 16.7. The van der Waals surface area contributed by atoms with Gasteiger partial charge in [-0.05, 0) is 42.8 Å². The Kier molecular flexibility index (Phi) is 5.12. The van der Waals surface area contributed by atoms with Crippen LogP contribution >= 0.6 is 0 Å². The van der Waals surface area contributed by atoms with Gasteiger partial charge in [0.25, 0.3) is 5.91 Å². The molecule has 25 heavy (non-hydrogen) atoms. The van der Waals surface area contributed by atoms with E-state index in [4.69, 9.17) is 10.5 Å². The molecule has 2 aromatic rings. The average Bonchev–Trinajstić information content (AvgIpc) is 2.59. The maximum Gasteiger partial charge on any atom is 0.261 e. The number of hydrogen-bond donors (Lipinski definition) is 2. The number of carbonyl (C=O) groups excluding carboxylic acids is 2. The SMILES string of the molecule is NCCCC#Cc1cccc(Oc2cccc3c2C(=O)NC(=O)C3)c1. The topological polar surface area (TPSA) is 81.4 Å². The zero-order valence-electron chi connectivity index (χ0n) is 13.7. The minimum atomic E-state index is -0.431. The van der Waals surface area contributed by atoms with Crippen molar-refractivity contribution in [3.63, 3.8) is 0 Å². The zero-order chi connectivity index (χ0) is 17.6. The van der Waals surface area contributed by atoms with Gasteiger partial charge in [-0.1, -0.05) is 30.0 Å². The normalized spacial score (nSPS) is 12.7. The van der Waals surface area contributed by atoms with Crippen molar-refractivity contribution in [1.82, 2.24) is 5.32 Å². The molecule has 0 aromatic heterocycles. The lowest BCUT2D eigenvalue weighted by Crippen LogP contribution is -2.37. The minimum Gasteiger partial charge on any atom is -0.456 e. The molecule has 3 N–H and O–H groups in total. The van der Waals surface area contributed by atoms with E-state index in [1.165, 1.54) is 0 Å². The first-order valence-electron chi connectivity index (χ1n) is 8.10. The fraction of sp³-hybridized carbons (Fsp3) is 0.200. The third kappa shape index (κ3) is 4.06. The summed E-state index contributed by atoms with van der Waals surface area (Å²) in [4.78, 5) is 23.6. The van der Waals surface area contributed by atoms with Crippen molar-refractivity contribution in [2.24, 2.45) is 5.73 Å². The van der Waals surface area contributed by atoms with Crippen LogP contribution in [0.25, 0.3) is 0 Å². The highest BCUT2D eigenvalue weighted by Gasteiger charge is 2.26. The van der Waals surface area contributed by atoms with E-state index < -0.39 is 5.91 Å². The van der Waals surface area contributed by atoms with Gasteiger partial charge >= 0.3 is 0 Å². The Bertz CT molecular complexity index is 878. The van der Waals surface area contributed by atoms with E-state index in [0.717, 1.165) is 18.4 Å². The van der Waals surface area contributed by atoms with E-state index in [1.54, 1.807) is 24.3 Å². The van der Waals surface area contributed by atoms with Gasteiger partial charge in [-0.25, -0.2) is 0 Å². The number of carbonyl (C=O) groups is 2. The summed E-state index contributed by atoms with van der Waals surface area (Å²) in [6.07, 6.45) is 1.79. The number of imide groups is 1. The molecular formula is C20H18N2O3. The lowest BCUT2D eigenvalue weighted by molar-refractivity contribution is -0.119. The van der Waals surface area contributed by atoms with E-state index in [9.17, 15) is 9.59 Å². The first-order chi connectivity index (χ1) is 12.2. The van der Waals surface area contributed by atoms with E-state index in [0.29, 0.717) is 29.2 Å². The molecule has 0 saturated carbocycles. The summed E-state index contributed by atoms with van der Waals surface area (Å²) in [5, 5.41) is 2.32. The second kappa shape index (κ2) is 7.65. The standard InChI is InChI=1S/C20H18N2O3/c21-11-3-1-2-6-14-7-4-9-16(12-14)25-17-10-5-8-15-13-18(23)22-20(24)19(15)17/h4-5,7-10,12H,1,3,11,13,21H2,(H,22,23,24). The maximum absolute atomic E-state index is 12.1. The number of fused-ring (bicyclic) bond motifs is 1. The molecule has 0 radical (unpaired) electrons. The third-order valence-corrected chi connectivity index (χ3v) is 3.74. The van der Waals surface area contributed by atoms with Gasteiger partial charge in [0.1, 0.15) is 11.5 Å². The van der Waals surface area contributed by atoms with Crippen molar-refractivity contribution >= 4 is 11.8 Å². The van der Waals surface area contributed by atoms with Gasteiger partial charge in [0.15, 0.2) is 0 Å². The Hall–Kier alpha value is -3.10. The van der Waals surface area contributed by atoms with Crippen LogP contribution in [0.15, 0.2) is 42.5 Å². The Labute approximate surface area is 146 Å². The van der Waals surface area contributed by atoms with Crippen molar-refractivity contribution in [1.29, 1.82) is 0 Å². The van der Waals surface area contributed by atoms with Gasteiger partial charge in [0.2, 0.25) is 5.91 Å². The zero-order valence-corrected chi connectivity index (χ0v) is 13.7. The van der Waals surface area contributed by atoms with Crippen LogP contribution in [0.1, 0.15) is 34.3 Å². The van der Waals surface area contributed by atoms with Gasteiger partial charge in [-0.2, -0.15) is 0 Å². The Morgan fingerprint density at radius 3 is 2.84 bits per heavy atom. The van der Waals surface area contributed by atoms with Gasteiger partial charge in [-0.15, -0.1) is 0 Å². The summed E-state index contributed by atoms with van der Waals surface area (Å²) >= 11 is 0. The van der Waals surface area contributed by atoms with Crippen LogP contribution in [-0.2, 0) is 11.2 Å². The molecule has 0 atom stereocenters. The van der Waals surface area contributed by atoms with Crippen molar-refractivity contribution in [2.45, 2.75) is 19.3 Å². The Morgan fingerprint density at radius 2 is 2.00 bits per heavy atom. The van der Waals surface area contributed by atoms with Crippen molar-refractivity contribution in [2.75, 3.05) is 6.54 Å². The van der Waals surface area contributed by atoms with Crippen molar-refractivity contribution in [3.8, 4) is 23.3 Å². The molecular weight excluding hydrogens is 316 g/mol. The lowest BCUT2D eigenvalue weighted by Gasteiger charge is -2.18. The molecule has 0 aliphatic carbocycles. The number of amides is 2. The number of rotatable bonds is 4. The minimum absolute atomic E-state index is 0.172. The molecule has 1 aliphatic rings. The van der Waals surface area contributed by atoms with E-state index in [1.807, 2.05) is 18.2 Å². The van der Waals surface area contributed by atoms with Gasteiger partial charge in [-0.3, -0.25) is 14.9 Å². The molecule has 126 valence electrons.